The summed E-state index contributed by atoms with van der Waals surface area (Å²) in [5.74, 6) is 0. The normalized spacial score (nSPS) is 13.2. The van der Waals surface area contributed by atoms with Crippen molar-refractivity contribution in [3.05, 3.63) is 28.8 Å². The molecule has 0 aromatic heterocycles. The van der Waals surface area contributed by atoms with Gasteiger partial charge in [-0.25, -0.2) is 0 Å². The molecule has 0 heterocycles. The molecule has 1 nitrogen and oxygen atoms in total. The second-order valence-electron chi connectivity index (χ2n) is 3.87. The Balaban J connectivity index is 2.88. The van der Waals surface area contributed by atoms with E-state index in [1.165, 1.54) is 10.5 Å². The summed E-state index contributed by atoms with van der Waals surface area (Å²) in [5.41, 5.74) is 1.23. The fraction of sp³-hybridized carbons (Fsp3) is 0.500. The standard InChI is InChI=1S/C12H18ClNS/c1-8(2)15-12-6-5-10(7-11(12)13)9(3)14-4/h5-9,14H,1-4H3. The third kappa shape index (κ3) is 3.71. The van der Waals surface area contributed by atoms with Gasteiger partial charge in [-0.2, -0.15) is 0 Å². The average Bonchev–Trinajstić information content (AvgIpc) is 2.19. The number of hydrogen-bond acceptors (Lipinski definition) is 2. The van der Waals surface area contributed by atoms with E-state index in [1.807, 2.05) is 13.1 Å². The van der Waals surface area contributed by atoms with Gasteiger partial charge in [0.15, 0.2) is 0 Å². The molecule has 0 saturated carbocycles. The van der Waals surface area contributed by atoms with Crippen molar-refractivity contribution in [2.24, 2.45) is 0 Å². The van der Waals surface area contributed by atoms with E-state index < -0.39 is 0 Å². The molecule has 0 saturated heterocycles. The highest BCUT2D eigenvalue weighted by molar-refractivity contribution is 8.00. The molecule has 0 spiro atoms. The van der Waals surface area contributed by atoms with Gasteiger partial charge in [0, 0.05) is 16.2 Å². The Morgan fingerprint density at radius 2 is 1.93 bits per heavy atom. The molecule has 0 bridgehead atoms. The zero-order valence-corrected chi connectivity index (χ0v) is 11.2. The zero-order chi connectivity index (χ0) is 11.4. The van der Waals surface area contributed by atoms with E-state index in [0.29, 0.717) is 11.3 Å². The molecule has 0 radical (unpaired) electrons. The van der Waals surface area contributed by atoms with Crippen LogP contribution in [0.25, 0.3) is 0 Å². The summed E-state index contributed by atoms with van der Waals surface area (Å²) >= 11 is 8.03. The summed E-state index contributed by atoms with van der Waals surface area (Å²) in [6.45, 7) is 6.47. The predicted molar refractivity (Wildman–Crippen MR) is 69.9 cm³/mol. The van der Waals surface area contributed by atoms with Crippen molar-refractivity contribution in [2.75, 3.05) is 7.05 Å². The molecule has 1 rings (SSSR count). The van der Waals surface area contributed by atoms with E-state index in [1.54, 1.807) is 11.8 Å². The summed E-state index contributed by atoms with van der Waals surface area (Å²) in [4.78, 5) is 1.17. The Morgan fingerprint density at radius 1 is 1.27 bits per heavy atom. The first kappa shape index (κ1) is 12.9. The van der Waals surface area contributed by atoms with Crippen LogP contribution in [0.4, 0.5) is 0 Å². The lowest BCUT2D eigenvalue weighted by Crippen LogP contribution is -2.12. The van der Waals surface area contributed by atoms with Gasteiger partial charge in [0.1, 0.15) is 0 Å². The minimum absolute atomic E-state index is 0.348. The maximum absolute atomic E-state index is 6.23. The van der Waals surface area contributed by atoms with Crippen LogP contribution in [0.1, 0.15) is 32.4 Å². The third-order valence-electron chi connectivity index (χ3n) is 2.25. The molecule has 1 aromatic carbocycles. The van der Waals surface area contributed by atoms with Crippen molar-refractivity contribution in [3.8, 4) is 0 Å². The van der Waals surface area contributed by atoms with Crippen LogP contribution in [0.5, 0.6) is 0 Å². The molecule has 84 valence electrons. The fourth-order valence-corrected chi connectivity index (χ4v) is 2.45. The van der Waals surface area contributed by atoms with Crippen LogP contribution in [-0.2, 0) is 0 Å². The first-order valence-electron chi connectivity index (χ1n) is 5.18. The van der Waals surface area contributed by atoms with Gasteiger partial charge in [0.05, 0.1) is 5.02 Å². The molecular weight excluding hydrogens is 226 g/mol. The summed E-state index contributed by atoms with van der Waals surface area (Å²) in [5, 5.41) is 4.62. The van der Waals surface area contributed by atoms with Gasteiger partial charge in [0.2, 0.25) is 0 Å². The van der Waals surface area contributed by atoms with Gasteiger partial charge in [0.25, 0.3) is 0 Å². The zero-order valence-electron chi connectivity index (χ0n) is 9.67. The largest absolute Gasteiger partial charge is 0.313 e. The monoisotopic (exact) mass is 243 g/mol. The number of hydrogen-bond donors (Lipinski definition) is 1. The van der Waals surface area contributed by atoms with Crippen molar-refractivity contribution in [1.29, 1.82) is 0 Å². The number of nitrogens with one attached hydrogen (secondary N) is 1. The van der Waals surface area contributed by atoms with E-state index in [9.17, 15) is 0 Å². The van der Waals surface area contributed by atoms with Crippen LogP contribution >= 0.6 is 23.4 Å². The molecule has 1 N–H and O–H groups in total. The van der Waals surface area contributed by atoms with Crippen LogP contribution in [0.3, 0.4) is 0 Å². The van der Waals surface area contributed by atoms with Crippen molar-refractivity contribution >= 4 is 23.4 Å². The van der Waals surface area contributed by atoms with Crippen molar-refractivity contribution in [3.63, 3.8) is 0 Å². The van der Waals surface area contributed by atoms with Crippen LogP contribution in [0.15, 0.2) is 23.1 Å². The lowest BCUT2D eigenvalue weighted by Gasteiger charge is -2.13. The van der Waals surface area contributed by atoms with Crippen LogP contribution < -0.4 is 5.32 Å². The van der Waals surface area contributed by atoms with Crippen molar-refractivity contribution in [2.45, 2.75) is 37.0 Å². The van der Waals surface area contributed by atoms with E-state index in [-0.39, 0.29) is 0 Å². The quantitative estimate of drug-likeness (QED) is 0.799. The van der Waals surface area contributed by atoms with Crippen molar-refractivity contribution in [1.82, 2.24) is 5.32 Å². The number of benzene rings is 1. The Labute approximate surface area is 102 Å². The lowest BCUT2D eigenvalue weighted by molar-refractivity contribution is 0.652. The molecule has 1 unspecified atom stereocenters. The molecule has 0 aliphatic heterocycles. The average molecular weight is 244 g/mol. The highest BCUT2D eigenvalue weighted by atomic mass is 35.5. The number of rotatable bonds is 4. The molecule has 0 aliphatic carbocycles. The van der Waals surface area contributed by atoms with Gasteiger partial charge in [-0.1, -0.05) is 31.5 Å². The molecule has 0 fully saturated rings. The predicted octanol–water partition coefficient (Wildman–Crippen LogP) is 4.12. The molecular formula is C12H18ClNS. The summed E-state index contributed by atoms with van der Waals surface area (Å²) in [7, 11) is 1.95. The second-order valence-corrected chi connectivity index (χ2v) is 5.89. The molecule has 3 heteroatoms. The van der Waals surface area contributed by atoms with Gasteiger partial charge in [-0.15, -0.1) is 11.8 Å². The summed E-state index contributed by atoms with van der Waals surface area (Å²) in [6, 6.07) is 6.64. The Hall–Kier alpha value is -0.180. The maximum atomic E-state index is 6.23. The minimum atomic E-state index is 0.348. The first-order chi connectivity index (χ1) is 7.04. The van der Waals surface area contributed by atoms with Crippen LogP contribution in [-0.4, -0.2) is 12.3 Å². The Morgan fingerprint density at radius 3 is 2.40 bits per heavy atom. The van der Waals surface area contributed by atoms with E-state index in [4.69, 9.17) is 11.6 Å². The summed E-state index contributed by atoms with van der Waals surface area (Å²) in [6.07, 6.45) is 0. The van der Waals surface area contributed by atoms with Crippen molar-refractivity contribution < 1.29 is 0 Å². The van der Waals surface area contributed by atoms with E-state index in [2.05, 4.69) is 38.2 Å². The number of halogens is 1. The molecule has 1 aromatic rings. The third-order valence-corrected chi connectivity index (χ3v) is 3.76. The van der Waals surface area contributed by atoms with Gasteiger partial charge in [-0.05, 0) is 31.7 Å². The Kier molecular flexibility index (Phi) is 4.97. The molecule has 15 heavy (non-hydrogen) atoms. The second kappa shape index (κ2) is 5.78. The van der Waals surface area contributed by atoms with Gasteiger partial charge in [-0.3, -0.25) is 0 Å². The highest BCUT2D eigenvalue weighted by Gasteiger charge is 2.07. The molecule has 0 aliphatic rings. The topological polar surface area (TPSA) is 12.0 Å². The Bertz CT molecular complexity index is 325. The highest BCUT2D eigenvalue weighted by Crippen LogP contribution is 2.32. The minimum Gasteiger partial charge on any atom is -0.313 e. The fourth-order valence-electron chi connectivity index (χ4n) is 1.30. The van der Waals surface area contributed by atoms with Gasteiger partial charge < -0.3 is 5.32 Å². The van der Waals surface area contributed by atoms with Crippen LogP contribution in [0, 0.1) is 0 Å². The lowest BCUT2D eigenvalue weighted by atomic mass is 10.1. The SMILES string of the molecule is CNC(C)c1ccc(SC(C)C)c(Cl)c1. The van der Waals surface area contributed by atoms with Gasteiger partial charge >= 0.3 is 0 Å². The first-order valence-corrected chi connectivity index (χ1v) is 6.43. The van der Waals surface area contributed by atoms with E-state index in [0.717, 1.165) is 5.02 Å². The number of thioether (sulfide) groups is 1. The van der Waals surface area contributed by atoms with E-state index >= 15 is 0 Å². The molecule has 0 amide bonds. The van der Waals surface area contributed by atoms with Crippen LogP contribution in [0.2, 0.25) is 5.02 Å². The maximum Gasteiger partial charge on any atom is 0.0545 e. The smallest absolute Gasteiger partial charge is 0.0545 e. The summed E-state index contributed by atoms with van der Waals surface area (Å²) < 4.78 is 0. The molecule has 1 atom stereocenters.